The fraction of sp³-hybridized carbons (Fsp3) is 0.889. The Hall–Kier alpha value is -0.300. The number of nitrogens with zero attached hydrogens (tertiary/aromatic N) is 1. The summed E-state index contributed by atoms with van der Waals surface area (Å²) in [6.45, 7) is 16.5. The first kappa shape index (κ1) is 16.8. The van der Waals surface area contributed by atoms with Crippen LogP contribution in [0.2, 0.25) is 0 Å². The van der Waals surface area contributed by atoms with Crippen molar-refractivity contribution in [2.45, 2.75) is 65.7 Å². The quantitative estimate of drug-likeness (QED) is 0.406. The molecule has 1 saturated heterocycles. The molecule has 0 saturated carbocycles. The SMILES string of the molecule is C=CC[N+]1(CCC(C)CCC(C)CC)CCCCC1. The van der Waals surface area contributed by atoms with Crippen LogP contribution >= 0.6 is 0 Å². The summed E-state index contributed by atoms with van der Waals surface area (Å²) in [6.07, 6.45) is 12.0. The molecule has 1 aliphatic rings. The van der Waals surface area contributed by atoms with E-state index in [4.69, 9.17) is 0 Å². The Bertz CT molecular complexity index is 240. The van der Waals surface area contributed by atoms with Crippen LogP contribution in [0, 0.1) is 11.8 Å². The van der Waals surface area contributed by atoms with Crippen LogP contribution in [-0.4, -0.2) is 30.7 Å². The van der Waals surface area contributed by atoms with E-state index < -0.39 is 0 Å². The maximum atomic E-state index is 3.98. The number of likely N-dealkylation sites (tertiary alicyclic amines) is 1. The molecule has 0 radical (unpaired) electrons. The Morgan fingerprint density at radius 1 is 1.00 bits per heavy atom. The van der Waals surface area contributed by atoms with Crippen LogP contribution in [0.3, 0.4) is 0 Å². The minimum atomic E-state index is 0.899. The summed E-state index contributed by atoms with van der Waals surface area (Å²) < 4.78 is 1.33. The predicted molar refractivity (Wildman–Crippen MR) is 86.2 cm³/mol. The van der Waals surface area contributed by atoms with E-state index >= 15 is 0 Å². The lowest BCUT2D eigenvalue weighted by Crippen LogP contribution is -2.52. The third-order valence-electron chi connectivity index (χ3n) is 5.23. The molecule has 2 atom stereocenters. The van der Waals surface area contributed by atoms with Crippen LogP contribution < -0.4 is 0 Å². The molecule has 1 aliphatic heterocycles. The summed E-state index contributed by atoms with van der Waals surface area (Å²) in [5, 5.41) is 0. The van der Waals surface area contributed by atoms with E-state index in [9.17, 15) is 0 Å². The van der Waals surface area contributed by atoms with Gasteiger partial charge in [0.1, 0.15) is 0 Å². The average Bonchev–Trinajstić information content (AvgIpc) is 2.44. The van der Waals surface area contributed by atoms with Gasteiger partial charge in [0.15, 0.2) is 0 Å². The van der Waals surface area contributed by atoms with Crippen molar-refractivity contribution in [3.8, 4) is 0 Å². The third-order valence-corrected chi connectivity index (χ3v) is 5.23. The zero-order chi connectivity index (χ0) is 14.1. The summed E-state index contributed by atoms with van der Waals surface area (Å²) in [5.74, 6) is 1.81. The van der Waals surface area contributed by atoms with Crippen LogP contribution in [0.25, 0.3) is 0 Å². The second-order valence-electron chi connectivity index (χ2n) is 7.03. The molecule has 0 aromatic carbocycles. The van der Waals surface area contributed by atoms with Crippen molar-refractivity contribution in [3.63, 3.8) is 0 Å². The molecule has 112 valence electrons. The fourth-order valence-corrected chi connectivity index (χ4v) is 3.37. The highest BCUT2D eigenvalue weighted by Gasteiger charge is 2.28. The number of quaternary nitrogens is 1. The van der Waals surface area contributed by atoms with Crippen LogP contribution in [0.5, 0.6) is 0 Å². The second kappa shape index (κ2) is 8.79. The van der Waals surface area contributed by atoms with Gasteiger partial charge in [-0.05, 0) is 43.6 Å². The van der Waals surface area contributed by atoms with Crippen molar-refractivity contribution in [2.75, 3.05) is 26.2 Å². The largest absolute Gasteiger partial charge is 0.320 e. The van der Waals surface area contributed by atoms with E-state index in [-0.39, 0.29) is 0 Å². The zero-order valence-electron chi connectivity index (χ0n) is 13.7. The molecule has 0 N–H and O–H groups in total. The molecule has 0 aromatic rings. The van der Waals surface area contributed by atoms with Crippen molar-refractivity contribution in [2.24, 2.45) is 11.8 Å². The molecule has 0 aliphatic carbocycles. The Morgan fingerprint density at radius 3 is 2.21 bits per heavy atom. The van der Waals surface area contributed by atoms with Gasteiger partial charge in [0.25, 0.3) is 0 Å². The van der Waals surface area contributed by atoms with Gasteiger partial charge in [-0.1, -0.05) is 46.6 Å². The zero-order valence-corrected chi connectivity index (χ0v) is 13.7. The highest BCUT2D eigenvalue weighted by molar-refractivity contribution is 4.69. The Kier molecular flexibility index (Phi) is 7.75. The molecule has 0 amide bonds. The summed E-state index contributed by atoms with van der Waals surface area (Å²) in [4.78, 5) is 0. The molecule has 1 heteroatoms. The van der Waals surface area contributed by atoms with E-state index in [1.165, 1.54) is 75.6 Å². The van der Waals surface area contributed by atoms with Crippen molar-refractivity contribution >= 4 is 0 Å². The van der Waals surface area contributed by atoms with Crippen molar-refractivity contribution < 1.29 is 4.48 Å². The Balaban J connectivity index is 2.32. The average molecular weight is 266 g/mol. The van der Waals surface area contributed by atoms with E-state index in [1.54, 1.807) is 0 Å². The van der Waals surface area contributed by atoms with E-state index in [0.717, 1.165) is 11.8 Å². The van der Waals surface area contributed by atoms with Crippen LogP contribution in [0.1, 0.15) is 65.7 Å². The molecule has 1 heterocycles. The highest BCUT2D eigenvalue weighted by Crippen LogP contribution is 2.23. The lowest BCUT2D eigenvalue weighted by molar-refractivity contribution is -0.927. The number of rotatable bonds is 9. The van der Waals surface area contributed by atoms with Crippen LogP contribution in [0.4, 0.5) is 0 Å². The lowest BCUT2D eigenvalue weighted by atomic mass is 9.93. The predicted octanol–water partition coefficient (Wildman–Crippen LogP) is 5.03. The van der Waals surface area contributed by atoms with Crippen LogP contribution in [0.15, 0.2) is 12.7 Å². The summed E-state index contributed by atoms with van der Waals surface area (Å²) in [7, 11) is 0. The molecule has 2 unspecified atom stereocenters. The molecule has 1 rings (SSSR count). The van der Waals surface area contributed by atoms with E-state index in [0.29, 0.717) is 0 Å². The van der Waals surface area contributed by atoms with Gasteiger partial charge in [-0.3, -0.25) is 0 Å². The monoisotopic (exact) mass is 266 g/mol. The van der Waals surface area contributed by atoms with Crippen molar-refractivity contribution in [3.05, 3.63) is 12.7 Å². The standard InChI is InChI=1S/C18H36N/c1-5-13-19(14-8-7-9-15-19)16-12-18(4)11-10-17(3)6-2/h5,17-18H,1,6-16H2,2-4H3/q+1. The summed E-state index contributed by atoms with van der Waals surface area (Å²) in [5.41, 5.74) is 0. The fourth-order valence-electron chi connectivity index (χ4n) is 3.37. The molecular formula is C18H36N+. The first-order chi connectivity index (χ1) is 9.12. The van der Waals surface area contributed by atoms with Gasteiger partial charge in [-0.15, -0.1) is 0 Å². The molecule has 0 aromatic heterocycles. The number of hydrogen-bond donors (Lipinski definition) is 0. The lowest BCUT2D eigenvalue weighted by Gasteiger charge is -2.41. The molecule has 0 bridgehead atoms. The molecule has 1 nitrogen and oxygen atoms in total. The van der Waals surface area contributed by atoms with Crippen molar-refractivity contribution in [1.29, 1.82) is 0 Å². The minimum Gasteiger partial charge on any atom is -0.320 e. The topological polar surface area (TPSA) is 0 Å². The van der Waals surface area contributed by atoms with Crippen LogP contribution in [-0.2, 0) is 0 Å². The normalized spacial score (nSPS) is 21.8. The summed E-state index contributed by atoms with van der Waals surface area (Å²) >= 11 is 0. The number of hydrogen-bond acceptors (Lipinski definition) is 0. The molecular weight excluding hydrogens is 230 g/mol. The smallest absolute Gasteiger partial charge is 0.0971 e. The maximum absolute atomic E-state index is 3.98. The van der Waals surface area contributed by atoms with Gasteiger partial charge in [0.05, 0.1) is 26.2 Å². The van der Waals surface area contributed by atoms with Gasteiger partial charge in [-0.25, -0.2) is 0 Å². The third kappa shape index (κ3) is 6.12. The van der Waals surface area contributed by atoms with Gasteiger partial charge in [-0.2, -0.15) is 0 Å². The first-order valence-electron chi connectivity index (χ1n) is 8.58. The Morgan fingerprint density at radius 2 is 1.63 bits per heavy atom. The molecule has 0 spiro atoms. The van der Waals surface area contributed by atoms with Gasteiger partial charge in [0, 0.05) is 0 Å². The van der Waals surface area contributed by atoms with Gasteiger partial charge < -0.3 is 4.48 Å². The molecule has 1 fully saturated rings. The number of piperidine rings is 1. The van der Waals surface area contributed by atoms with E-state index in [1.807, 2.05) is 0 Å². The highest BCUT2D eigenvalue weighted by atomic mass is 15.3. The van der Waals surface area contributed by atoms with Crippen molar-refractivity contribution in [1.82, 2.24) is 0 Å². The van der Waals surface area contributed by atoms with E-state index in [2.05, 4.69) is 33.4 Å². The molecule has 19 heavy (non-hydrogen) atoms. The summed E-state index contributed by atoms with van der Waals surface area (Å²) in [6, 6.07) is 0. The minimum absolute atomic E-state index is 0.899. The van der Waals surface area contributed by atoms with Gasteiger partial charge in [0.2, 0.25) is 0 Å². The second-order valence-corrected chi connectivity index (χ2v) is 7.03. The van der Waals surface area contributed by atoms with Gasteiger partial charge >= 0.3 is 0 Å². The first-order valence-corrected chi connectivity index (χ1v) is 8.58. The Labute approximate surface area is 121 Å². The maximum Gasteiger partial charge on any atom is 0.0971 e.